The summed E-state index contributed by atoms with van der Waals surface area (Å²) in [5, 5.41) is 0. The Hall–Kier alpha value is -1.72. The molecule has 0 saturated carbocycles. The minimum atomic E-state index is -1.43. The van der Waals surface area contributed by atoms with Crippen LogP contribution in [0.1, 0.15) is 32.5 Å². The molecule has 1 aromatic carbocycles. The third-order valence-electron chi connectivity index (χ3n) is 3.24. The Morgan fingerprint density at radius 2 is 1.90 bits per heavy atom. The molecule has 0 aromatic heterocycles. The fourth-order valence-electron chi connectivity index (χ4n) is 2.13. The number of halogens is 3. The van der Waals surface area contributed by atoms with E-state index in [9.17, 15) is 18.0 Å². The minimum Gasteiger partial charge on any atom is -0.444 e. The van der Waals surface area contributed by atoms with Gasteiger partial charge < -0.3 is 9.64 Å². The number of alkyl halides is 1. The summed E-state index contributed by atoms with van der Waals surface area (Å²) in [5.41, 5.74) is -0.514. The second kappa shape index (κ2) is 5.58. The molecule has 1 heterocycles. The number of rotatable bonds is 2. The van der Waals surface area contributed by atoms with Gasteiger partial charge in [-0.2, -0.15) is 0 Å². The fourth-order valence-corrected chi connectivity index (χ4v) is 2.13. The van der Waals surface area contributed by atoms with Crippen molar-refractivity contribution < 1.29 is 22.7 Å². The van der Waals surface area contributed by atoms with Crippen molar-refractivity contribution in [1.82, 2.24) is 4.90 Å². The molecule has 21 heavy (non-hydrogen) atoms. The molecule has 0 radical (unpaired) electrons. The van der Waals surface area contributed by atoms with E-state index in [4.69, 9.17) is 4.74 Å². The van der Waals surface area contributed by atoms with Crippen LogP contribution in [0.2, 0.25) is 0 Å². The molecular weight excluding hydrogens is 283 g/mol. The van der Waals surface area contributed by atoms with Gasteiger partial charge in [-0.25, -0.2) is 18.0 Å². The Kier molecular flexibility index (Phi) is 4.16. The van der Waals surface area contributed by atoms with E-state index < -0.39 is 35.4 Å². The van der Waals surface area contributed by atoms with Crippen molar-refractivity contribution in [3.63, 3.8) is 0 Å². The monoisotopic (exact) mass is 301 g/mol. The Balaban J connectivity index is 1.91. The Bertz CT molecular complexity index is 536. The molecule has 6 heteroatoms. The van der Waals surface area contributed by atoms with Crippen LogP contribution >= 0.6 is 0 Å². The number of likely N-dealkylation sites (tertiary alicyclic amines) is 1. The zero-order valence-corrected chi connectivity index (χ0v) is 12.2. The zero-order valence-electron chi connectivity index (χ0n) is 12.2. The van der Waals surface area contributed by atoms with Gasteiger partial charge >= 0.3 is 6.09 Å². The number of benzene rings is 1. The van der Waals surface area contributed by atoms with Crippen LogP contribution in [0.3, 0.4) is 0 Å². The average molecular weight is 301 g/mol. The van der Waals surface area contributed by atoms with E-state index in [1.807, 2.05) is 0 Å². The van der Waals surface area contributed by atoms with Crippen LogP contribution in [0.5, 0.6) is 0 Å². The molecule has 1 aromatic rings. The lowest BCUT2D eigenvalue weighted by atomic mass is 9.90. The van der Waals surface area contributed by atoms with E-state index >= 15 is 0 Å². The maximum absolute atomic E-state index is 14.2. The fraction of sp³-hybridized carbons (Fsp3) is 0.533. The topological polar surface area (TPSA) is 29.5 Å². The quantitative estimate of drug-likeness (QED) is 0.830. The highest BCUT2D eigenvalue weighted by Gasteiger charge is 2.39. The second-order valence-corrected chi connectivity index (χ2v) is 6.22. The van der Waals surface area contributed by atoms with E-state index in [0.29, 0.717) is 0 Å². The van der Waals surface area contributed by atoms with Gasteiger partial charge in [0, 0.05) is 19.0 Å². The number of hydrogen-bond acceptors (Lipinski definition) is 2. The zero-order chi connectivity index (χ0) is 15.8. The second-order valence-electron chi connectivity index (χ2n) is 6.22. The van der Waals surface area contributed by atoms with E-state index in [1.54, 1.807) is 20.8 Å². The number of carbonyl (C=O) groups is 1. The summed E-state index contributed by atoms with van der Waals surface area (Å²) in [6.45, 7) is 5.66. The number of hydrogen-bond donors (Lipinski definition) is 0. The largest absolute Gasteiger partial charge is 0.444 e. The molecule has 3 nitrogen and oxygen atoms in total. The van der Waals surface area contributed by atoms with Gasteiger partial charge in [-0.3, -0.25) is 0 Å². The first-order valence-corrected chi connectivity index (χ1v) is 6.74. The molecule has 1 saturated heterocycles. The number of ether oxygens (including phenoxy) is 1. The predicted octanol–water partition coefficient (Wildman–Crippen LogP) is 3.84. The van der Waals surface area contributed by atoms with Crippen molar-refractivity contribution in [2.45, 2.75) is 32.5 Å². The van der Waals surface area contributed by atoms with Gasteiger partial charge in [0.1, 0.15) is 11.8 Å². The lowest BCUT2D eigenvalue weighted by molar-refractivity contribution is -0.0155. The van der Waals surface area contributed by atoms with Crippen molar-refractivity contribution in [3.8, 4) is 0 Å². The van der Waals surface area contributed by atoms with Crippen LogP contribution in [0, 0.1) is 17.6 Å². The summed E-state index contributed by atoms with van der Waals surface area (Å²) in [6.07, 6.45) is -1.92. The van der Waals surface area contributed by atoms with E-state index in [1.165, 1.54) is 11.0 Å². The standard InChI is InChI=1S/C15H18F3NO2/c1-15(2,3)21-14(20)19-7-10(8-19)13(18)9-4-5-11(16)12(17)6-9/h4-6,10,13H,7-8H2,1-3H3. The number of carbonyl (C=O) groups excluding carboxylic acids is 1. The van der Waals surface area contributed by atoms with Crippen LogP contribution in [-0.4, -0.2) is 29.7 Å². The molecule has 1 unspecified atom stereocenters. The number of nitrogens with zero attached hydrogens (tertiary/aromatic N) is 1. The molecule has 1 aliphatic rings. The summed E-state index contributed by atoms with van der Waals surface area (Å²) in [4.78, 5) is 13.1. The molecule has 1 atom stereocenters. The molecule has 0 spiro atoms. The van der Waals surface area contributed by atoms with Crippen molar-refractivity contribution in [2.75, 3.05) is 13.1 Å². The summed E-state index contributed by atoms with van der Waals surface area (Å²) in [6, 6.07) is 2.98. The van der Waals surface area contributed by atoms with Gasteiger partial charge in [-0.05, 0) is 38.5 Å². The summed E-state index contributed by atoms with van der Waals surface area (Å²) in [7, 11) is 0. The maximum Gasteiger partial charge on any atom is 0.410 e. The van der Waals surface area contributed by atoms with Gasteiger partial charge in [0.2, 0.25) is 0 Å². The molecule has 0 bridgehead atoms. The average Bonchev–Trinajstić information content (AvgIpc) is 2.28. The van der Waals surface area contributed by atoms with Crippen molar-refractivity contribution in [1.29, 1.82) is 0 Å². The molecule has 0 N–H and O–H groups in total. The smallest absolute Gasteiger partial charge is 0.410 e. The van der Waals surface area contributed by atoms with Crippen LogP contribution in [0.25, 0.3) is 0 Å². The molecule has 1 amide bonds. The van der Waals surface area contributed by atoms with E-state index in [2.05, 4.69) is 0 Å². The first-order chi connectivity index (χ1) is 9.67. The van der Waals surface area contributed by atoms with Gasteiger partial charge in [0.25, 0.3) is 0 Å². The third-order valence-corrected chi connectivity index (χ3v) is 3.24. The van der Waals surface area contributed by atoms with E-state index in [0.717, 1.165) is 12.1 Å². The molecule has 1 aliphatic heterocycles. The van der Waals surface area contributed by atoms with Gasteiger partial charge in [-0.1, -0.05) is 6.07 Å². The van der Waals surface area contributed by atoms with E-state index in [-0.39, 0.29) is 18.7 Å². The SMILES string of the molecule is CC(C)(C)OC(=O)N1CC(C(F)c2ccc(F)c(F)c2)C1. The normalized spacial score (nSPS) is 17.3. The van der Waals surface area contributed by atoms with Gasteiger partial charge in [0.15, 0.2) is 11.6 Å². The first-order valence-electron chi connectivity index (χ1n) is 6.74. The molecule has 0 aliphatic carbocycles. The highest BCUT2D eigenvalue weighted by molar-refractivity contribution is 5.69. The lowest BCUT2D eigenvalue weighted by Gasteiger charge is -2.41. The molecular formula is C15H18F3NO2. The summed E-state index contributed by atoms with van der Waals surface area (Å²) in [5.74, 6) is -2.50. The first kappa shape index (κ1) is 15.7. The number of amides is 1. The Morgan fingerprint density at radius 3 is 2.43 bits per heavy atom. The van der Waals surface area contributed by atoms with Crippen molar-refractivity contribution >= 4 is 6.09 Å². The van der Waals surface area contributed by atoms with Crippen molar-refractivity contribution in [3.05, 3.63) is 35.4 Å². The molecule has 1 fully saturated rings. The summed E-state index contributed by atoms with van der Waals surface area (Å²) >= 11 is 0. The Labute approximate surface area is 121 Å². The lowest BCUT2D eigenvalue weighted by Crippen LogP contribution is -2.52. The predicted molar refractivity (Wildman–Crippen MR) is 71.5 cm³/mol. The van der Waals surface area contributed by atoms with Crippen molar-refractivity contribution in [2.24, 2.45) is 5.92 Å². The van der Waals surface area contributed by atoms with Crippen LogP contribution in [0.4, 0.5) is 18.0 Å². The van der Waals surface area contributed by atoms with Crippen LogP contribution in [-0.2, 0) is 4.74 Å². The molecule has 116 valence electrons. The van der Waals surface area contributed by atoms with Crippen LogP contribution in [0.15, 0.2) is 18.2 Å². The van der Waals surface area contributed by atoms with Gasteiger partial charge in [-0.15, -0.1) is 0 Å². The highest BCUT2D eigenvalue weighted by Crippen LogP contribution is 2.34. The Morgan fingerprint density at radius 1 is 1.29 bits per heavy atom. The highest BCUT2D eigenvalue weighted by atomic mass is 19.2. The summed E-state index contributed by atoms with van der Waals surface area (Å²) < 4.78 is 45.3. The van der Waals surface area contributed by atoms with Crippen LogP contribution < -0.4 is 0 Å². The third kappa shape index (κ3) is 3.68. The molecule has 2 rings (SSSR count). The van der Waals surface area contributed by atoms with Gasteiger partial charge in [0.05, 0.1) is 0 Å². The maximum atomic E-state index is 14.2. The minimum absolute atomic E-state index is 0.0859.